The van der Waals surface area contributed by atoms with E-state index in [2.05, 4.69) is 5.10 Å². The molecule has 1 aromatic heterocycles. The van der Waals surface area contributed by atoms with E-state index >= 15 is 0 Å². The van der Waals surface area contributed by atoms with Crippen LogP contribution < -0.4 is 5.73 Å². The smallest absolute Gasteiger partial charge is 0.135 e. The fourth-order valence-corrected chi connectivity index (χ4v) is 1.84. The van der Waals surface area contributed by atoms with Crippen LogP contribution in [0.4, 0.5) is 4.39 Å². The summed E-state index contributed by atoms with van der Waals surface area (Å²) >= 11 is 10.8. The Morgan fingerprint density at radius 1 is 1.53 bits per heavy atom. The molecular weight excluding hydrogens is 261 g/mol. The molecule has 0 spiro atoms. The molecule has 0 aliphatic heterocycles. The summed E-state index contributed by atoms with van der Waals surface area (Å²) < 4.78 is 15.1. The van der Waals surface area contributed by atoms with E-state index in [1.807, 2.05) is 0 Å². The fourth-order valence-electron chi connectivity index (χ4n) is 1.51. The van der Waals surface area contributed by atoms with Crippen molar-refractivity contribution in [2.45, 2.75) is 6.92 Å². The lowest BCUT2D eigenvalue weighted by Gasteiger charge is -2.08. The largest absolute Gasteiger partial charge is 0.389 e. The van der Waals surface area contributed by atoms with E-state index in [0.29, 0.717) is 16.4 Å². The normalized spacial score (nSPS) is 10.5. The van der Waals surface area contributed by atoms with Gasteiger partial charge in [-0.2, -0.15) is 5.10 Å². The standard InChI is InChI=1S/C11H9ClFN3S/c1-6-7(12)5-16(15-6)9-4-2-3-8(13)10(9)11(14)17/h2-5H,1H3,(H2,14,17). The molecule has 0 atom stereocenters. The number of halogens is 2. The Morgan fingerprint density at radius 2 is 2.24 bits per heavy atom. The van der Waals surface area contributed by atoms with Crippen LogP contribution in [0, 0.1) is 12.7 Å². The Bertz CT molecular complexity index is 575. The van der Waals surface area contributed by atoms with Gasteiger partial charge in [0.05, 0.1) is 22.0 Å². The van der Waals surface area contributed by atoms with Gasteiger partial charge in [-0.3, -0.25) is 0 Å². The minimum Gasteiger partial charge on any atom is -0.389 e. The zero-order valence-electron chi connectivity index (χ0n) is 8.95. The van der Waals surface area contributed by atoms with Gasteiger partial charge < -0.3 is 5.73 Å². The van der Waals surface area contributed by atoms with E-state index in [4.69, 9.17) is 29.6 Å². The minimum absolute atomic E-state index is 0.0117. The first-order chi connectivity index (χ1) is 8.00. The molecule has 0 aliphatic rings. The zero-order valence-corrected chi connectivity index (χ0v) is 10.5. The number of benzene rings is 1. The number of rotatable bonds is 2. The summed E-state index contributed by atoms with van der Waals surface area (Å²) in [5.41, 5.74) is 6.82. The number of hydrogen-bond donors (Lipinski definition) is 1. The number of nitrogens with two attached hydrogens (primary N) is 1. The van der Waals surface area contributed by atoms with Gasteiger partial charge in [-0.15, -0.1) is 0 Å². The molecule has 0 bridgehead atoms. The molecular formula is C11H9ClFN3S. The van der Waals surface area contributed by atoms with Gasteiger partial charge in [-0.25, -0.2) is 9.07 Å². The van der Waals surface area contributed by atoms with Crippen LogP contribution in [0.25, 0.3) is 5.69 Å². The number of hydrogen-bond acceptors (Lipinski definition) is 2. The SMILES string of the molecule is Cc1nn(-c2cccc(F)c2C(N)=S)cc1Cl. The third-order valence-corrected chi connectivity index (χ3v) is 2.90. The number of thiocarbonyl (C=S) groups is 1. The molecule has 0 saturated carbocycles. The molecule has 0 fully saturated rings. The molecule has 2 rings (SSSR count). The predicted molar refractivity (Wildman–Crippen MR) is 69.2 cm³/mol. The zero-order chi connectivity index (χ0) is 12.6. The molecule has 2 N–H and O–H groups in total. The van der Waals surface area contributed by atoms with Crippen LogP contribution in [0.1, 0.15) is 11.3 Å². The maximum absolute atomic E-state index is 13.7. The third kappa shape index (κ3) is 2.16. The van der Waals surface area contributed by atoms with Gasteiger partial charge >= 0.3 is 0 Å². The highest BCUT2D eigenvalue weighted by atomic mass is 35.5. The topological polar surface area (TPSA) is 43.8 Å². The Kier molecular flexibility index (Phi) is 3.13. The van der Waals surface area contributed by atoms with Crippen LogP contribution in [0.2, 0.25) is 5.02 Å². The first-order valence-corrected chi connectivity index (χ1v) is 5.60. The first kappa shape index (κ1) is 12.0. The lowest BCUT2D eigenvalue weighted by molar-refractivity contribution is 0.623. The Hall–Kier alpha value is -1.46. The lowest BCUT2D eigenvalue weighted by Crippen LogP contribution is -2.16. The van der Waals surface area contributed by atoms with Crippen molar-refractivity contribution < 1.29 is 4.39 Å². The van der Waals surface area contributed by atoms with Gasteiger partial charge in [-0.1, -0.05) is 29.9 Å². The van der Waals surface area contributed by atoms with Gasteiger partial charge in [0, 0.05) is 6.20 Å². The van der Waals surface area contributed by atoms with E-state index in [9.17, 15) is 4.39 Å². The summed E-state index contributed by atoms with van der Waals surface area (Å²) in [6.45, 7) is 1.76. The van der Waals surface area contributed by atoms with E-state index in [1.165, 1.54) is 10.7 Å². The van der Waals surface area contributed by atoms with Crippen molar-refractivity contribution in [3.8, 4) is 5.69 Å². The van der Waals surface area contributed by atoms with E-state index in [1.54, 1.807) is 25.3 Å². The molecule has 6 heteroatoms. The van der Waals surface area contributed by atoms with Crippen LogP contribution in [-0.4, -0.2) is 14.8 Å². The summed E-state index contributed by atoms with van der Waals surface area (Å²) in [7, 11) is 0. The van der Waals surface area contributed by atoms with Crippen LogP contribution in [0.15, 0.2) is 24.4 Å². The van der Waals surface area contributed by atoms with Crippen LogP contribution in [-0.2, 0) is 0 Å². The molecule has 1 heterocycles. The van der Waals surface area contributed by atoms with Crippen molar-refractivity contribution in [2.75, 3.05) is 0 Å². The fraction of sp³-hybridized carbons (Fsp3) is 0.0909. The highest BCUT2D eigenvalue weighted by molar-refractivity contribution is 7.80. The maximum atomic E-state index is 13.7. The lowest BCUT2D eigenvalue weighted by atomic mass is 10.1. The molecule has 0 saturated heterocycles. The molecule has 88 valence electrons. The Morgan fingerprint density at radius 3 is 2.76 bits per heavy atom. The second kappa shape index (κ2) is 4.43. The molecule has 3 nitrogen and oxygen atoms in total. The minimum atomic E-state index is -0.473. The van der Waals surface area contributed by atoms with Crippen LogP contribution in [0.5, 0.6) is 0 Å². The van der Waals surface area contributed by atoms with E-state index in [-0.39, 0.29) is 10.6 Å². The van der Waals surface area contributed by atoms with Gasteiger partial charge in [0.1, 0.15) is 10.8 Å². The van der Waals surface area contributed by atoms with Crippen molar-refractivity contribution >= 4 is 28.8 Å². The first-order valence-electron chi connectivity index (χ1n) is 4.81. The van der Waals surface area contributed by atoms with Crippen molar-refractivity contribution in [1.29, 1.82) is 0 Å². The molecule has 0 radical (unpaired) electrons. The Labute approximate surface area is 108 Å². The third-order valence-electron chi connectivity index (χ3n) is 2.32. The average molecular weight is 270 g/mol. The molecule has 0 amide bonds. The molecule has 17 heavy (non-hydrogen) atoms. The van der Waals surface area contributed by atoms with Crippen LogP contribution >= 0.6 is 23.8 Å². The van der Waals surface area contributed by atoms with E-state index in [0.717, 1.165) is 0 Å². The average Bonchev–Trinajstić information content (AvgIpc) is 2.58. The summed E-state index contributed by atoms with van der Waals surface area (Å²) in [6, 6.07) is 4.55. The van der Waals surface area contributed by atoms with Crippen molar-refractivity contribution in [1.82, 2.24) is 9.78 Å². The molecule has 1 aromatic carbocycles. The summed E-state index contributed by atoms with van der Waals surface area (Å²) in [5.74, 6) is -0.473. The number of nitrogens with zero attached hydrogens (tertiary/aromatic N) is 2. The van der Waals surface area contributed by atoms with Gasteiger partial charge in [0.15, 0.2) is 0 Å². The second-order valence-corrected chi connectivity index (χ2v) is 4.35. The van der Waals surface area contributed by atoms with Gasteiger partial charge in [-0.05, 0) is 19.1 Å². The summed E-state index contributed by atoms with van der Waals surface area (Å²) in [5, 5.41) is 4.67. The number of aromatic nitrogens is 2. The molecule has 0 aliphatic carbocycles. The van der Waals surface area contributed by atoms with Crippen molar-refractivity contribution in [2.24, 2.45) is 5.73 Å². The summed E-state index contributed by atoms with van der Waals surface area (Å²) in [4.78, 5) is -0.0117. The van der Waals surface area contributed by atoms with Gasteiger partial charge in [0.25, 0.3) is 0 Å². The monoisotopic (exact) mass is 269 g/mol. The molecule has 0 unspecified atom stereocenters. The summed E-state index contributed by atoms with van der Waals surface area (Å²) in [6.07, 6.45) is 1.59. The predicted octanol–water partition coefficient (Wildman–Crippen LogP) is 2.61. The van der Waals surface area contributed by atoms with E-state index < -0.39 is 5.82 Å². The van der Waals surface area contributed by atoms with Crippen molar-refractivity contribution in [3.05, 3.63) is 46.5 Å². The van der Waals surface area contributed by atoms with Crippen LogP contribution in [0.3, 0.4) is 0 Å². The highest BCUT2D eigenvalue weighted by Crippen LogP contribution is 2.21. The second-order valence-electron chi connectivity index (χ2n) is 3.51. The quantitative estimate of drug-likeness (QED) is 0.853. The van der Waals surface area contributed by atoms with Gasteiger partial charge in [0.2, 0.25) is 0 Å². The Balaban J connectivity index is 2.67. The van der Waals surface area contributed by atoms with Crippen molar-refractivity contribution in [3.63, 3.8) is 0 Å². The maximum Gasteiger partial charge on any atom is 0.135 e. The molecule has 2 aromatic rings. The highest BCUT2D eigenvalue weighted by Gasteiger charge is 2.14. The number of aryl methyl sites for hydroxylation is 1.